The maximum atomic E-state index is 14.4. The number of carbonyl (C=O) groups is 4. The van der Waals surface area contributed by atoms with E-state index in [0.717, 1.165) is 0 Å². The molecule has 0 unspecified atom stereocenters. The number of nitrogens with one attached hydrogen (secondary N) is 1. The van der Waals surface area contributed by atoms with Gasteiger partial charge in [0.25, 0.3) is 5.56 Å². The second kappa shape index (κ2) is 13.0. The van der Waals surface area contributed by atoms with Crippen LogP contribution in [-0.4, -0.2) is 85.8 Å². The number of aromatic hydroxyl groups is 1. The van der Waals surface area contributed by atoms with Gasteiger partial charge in [-0.25, -0.2) is 4.79 Å². The normalized spacial score (nSPS) is 21.4. The number of hydrogen-bond donors (Lipinski definition) is 5. The van der Waals surface area contributed by atoms with Crippen LogP contribution in [0.5, 0.6) is 11.5 Å². The fraction of sp³-hybridized carbons (Fsp3) is 0.406. The Morgan fingerprint density at radius 2 is 1.81 bits per heavy atom. The summed E-state index contributed by atoms with van der Waals surface area (Å²) < 4.78 is 49.8. The quantitative estimate of drug-likeness (QED) is 0.163. The van der Waals surface area contributed by atoms with E-state index in [1.165, 1.54) is 37.3 Å². The molecule has 2 aliphatic rings. The first-order valence-corrected chi connectivity index (χ1v) is 14.9. The minimum Gasteiger partial charge on any atom is -0.507 e. The van der Waals surface area contributed by atoms with Crippen LogP contribution in [0.3, 0.4) is 0 Å². The number of benzene rings is 2. The van der Waals surface area contributed by atoms with Crippen LogP contribution in [0.4, 0.5) is 13.2 Å². The number of aryl methyl sites for hydroxylation is 1. The molecular formula is C32H31F3N2O11. The van der Waals surface area contributed by atoms with Gasteiger partial charge < -0.3 is 35.2 Å². The molecule has 13 nitrogen and oxygen atoms in total. The van der Waals surface area contributed by atoms with Crippen molar-refractivity contribution in [2.45, 2.75) is 76.4 Å². The fourth-order valence-corrected chi connectivity index (χ4v) is 6.09. The number of aliphatic hydroxyl groups excluding tert-OH is 2. The molecule has 2 aromatic carbocycles. The van der Waals surface area contributed by atoms with Gasteiger partial charge in [0.15, 0.2) is 5.78 Å². The van der Waals surface area contributed by atoms with E-state index in [-0.39, 0.29) is 46.9 Å². The van der Waals surface area contributed by atoms with Crippen molar-refractivity contribution in [1.82, 2.24) is 9.88 Å². The van der Waals surface area contributed by atoms with E-state index in [4.69, 9.17) is 9.47 Å². The monoisotopic (exact) mass is 676 g/mol. The Labute approximate surface area is 269 Å². The minimum absolute atomic E-state index is 0.119. The first kappa shape index (κ1) is 34.5. The molecule has 5 atom stereocenters. The molecule has 1 saturated heterocycles. The average molecular weight is 677 g/mol. The van der Waals surface area contributed by atoms with Crippen molar-refractivity contribution in [3.8, 4) is 11.5 Å². The van der Waals surface area contributed by atoms with E-state index >= 15 is 0 Å². The van der Waals surface area contributed by atoms with Gasteiger partial charge in [-0.1, -0.05) is 12.1 Å². The molecule has 48 heavy (non-hydrogen) atoms. The lowest BCUT2D eigenvalue weighted by atomic mass is 9.83. The number of amides is 1. The van der Waals surface area contributed by atoms with Crippen molar-refractivity contribution in [3.05, 3.63) is 68.6 Å². The van der Waals surface area contributed by atoms with Crippen LogP contribution in [0.1, 0.15) is 76.2 Å². The summed E-state index contributed by atoms with van der Waals surface area (Å²) in [5.74, 6) is -6.31. The van der Waals surface area contributed by atoms with E-state index in [2.05, 4.69) is 0 Å². The second-order valence-corrected chi connectivity index (χ2v) is 11.7. The number of ether oxygens (including phenoxy) is 2. The van der Waals surface area contributed by atoms with Crippen molar-refractivity contribution < 1.29 is 62.2 Å². The number of aromatic nitrogens is 1. The average Bonchev–Trinajstić information content (AvgIpc) is 3.00. The van der Waals surface area contributed by atoms with Gasteiger partial charge in [0.2, 0.25) is 12.1 Å². The molecule has 5 N–H and O–H groups in total. The third-order valence-corrected chi connectivity index (χ3v) is 8.36. The van der Waals surface area contributed by atoms with Gasteiger partial charge in [0.1, 0.15) is 29.3 Å². The van der Waals surface area contributed by atoms with Crippen LogP contribution in [0.25, 0.3) is 10.8 Å². The summed E-state index contributed by atoms with van der Waals surface area (Å²) in [7, 11) is 0. The Hall–Kier alpha value is -4.80. The van der Waals surface area contributed by atoms with Crippen LogP contribution in [0.2, 0.25) is 0 Å². The number of phenolic OH excluding ortho intramolecular Hbond substituents is 1. The maximum Gasteiger partial charge on any atom is 0.471 e. The molecule has 16 heteroatoms. The highest BCUT2D eigenvalue weighted by Crippen LogP contribution is 2.40. The molecule has 1 amide bonds. The summed E-state index contributed by atoms with van der Waals surface area (Å²) >= 11 is 0. The van der Waals surface area contributed by atoms with Crippen LogP contribution < -0.4 is 15.6 Å². The summed E-state index contributed by atoms with van der Waals surface area (Å²) in [6.07, 6.45) is -10.4. The molecule has 0 radical (unpaired) electrons. The first-order chi connectivity index (χ1) is 22.5. The fourth-order valence-electron chi connectivity index (χ4n) is 6.09. The molecule has 256 valence electrons. The van der Waals surface area contributed by atoms with Crippen molar-refractivity contribution in [2.75, 3.05) is 6.54 Å². The number of pyridine rings is 1. The Morgan fingerprint density at radius 3 is 2.46 bits per heavy atom. The van der Waals surface area contributed by atoms with Gasteiger partial charge in [-0.05, 0) is 56.9 Å². The number of carboxylic acids is 1. The molecule has 2 heterocycles. The molecule has 3 aromatic rings. The predicted octanol–water partition coefficient (Wildman–Crippen LogP) is 2.50. The lowest BCUT2D eigenvalue weighted by molar-refractivity contribution is -0.216. The molecule has 0 bridgehead atoms. The van der Waals surface area contributed by atoms with Gasteiger partial charge >= 0.3 is 18.1 Å². The largest absolute Gasteiger partial charge is 0.507 e. The number of unbranched alkanes of at least 4 members (excludes halogenated alkanes) is 1. The zero-order valence-electron chi connectivity index (χ0n) is 25.5. The topological polar surface area (TPSA) is 202 Å². The highest BCUT2D eigenvalue weighted by Gasteiger charge is 2.42. The maximum absolute atomic E-state index is 14.4. The van der Waals surface area contributed by atoms with Gasteiger partial charge in [0, 0.05) is 23.9 Å². The number of nitrogens with zero attached hydrogens (tertiary/aromatic N) is 1. The Balaban J connectivity index is 1.61. The molecule has 1 aliphatic carbocycles. The summed E-state index contributed by atoms with van der Waals surface area (Å²) in [5.41, 5.74) is -2.24. The first-order valence-electron chi connectivity index (χ1n) is 14.9. The summed E-state index contributed by atoms with van der Waals surface area (Å²) in [6, 6.07) is 4.83. The molecule has 5 rings (SSSR count). The lowest BCUT2D eigenvalue weighted by Gasteiger charge is -2.35. The van der Waals surface area contributed by atoms with Gasteiger partial charge in [-0.2, -0.15) is 13.2 Å². The third-order valence-electron chi connectivity index (χ3n) is 8.36. The Kier molecular flexibility index (Phi) is 9.36. The highest BCUT2D eigenvalue weighted by atomic mass is 19.4. The Morgan fingerprint density at radius 1 is 1.10 bits per heavy atom. The molecule has 0 spiro atoms. The number of carboxylic acid groups (broad SMARTS) is 1. The number of fused-ring (bicyclic) bond motifs is 4. The molecule has 1 fully saturated rings. The van der Waals surface area contributed by atoms with E-state index in [0.29, 0.717) is 10.1 Å². The van der Waals surface area contributed by atoms with E-state index < -0.39 is 95.8 Å². The lowest BCUT2D eigenvalue weighted by Crippen LogP contribution is -2.48. The van der Waals surface area contributed by atoms with Crippen LogP contribution in [0.15, 0.2) is 35.1 Å². The molecule has 1 aliphatic heterocycles. The van der Waals surface area contributed by atoms with Gasteiger partial charge in [-0.15, -0.1) is 0 Å². The number of alkyl halides is 3. The zero-order valence-corrected chi connectivity index (χ0v) is 25.5. The Bertz CT molecular complexity index is 1880. The van der Waals surface area contributed by atoms with Crippen molar-refractivity contribution in [3.63, 3.8) is 0 Å². The molecule has 0 saturated carbocycles. The zero-order chi connectivity index (χ0) is 35.2. The number of carbonyl (C=O) groups excluding carboxylic acids is 3. The SMILES string of the molecule is Cc1cc(O)c2c3c(n([C@@H](CCCCNC(=O)C(F)(F)F)C(=O)O)c(=O)c2c1)C(=O)c1c(O[C@H]2C[C@@H](O)[C@@H](O)[C@H](C)O2)cccc1C3=O. The summed E-state index contributed by atoms with van der Waals surface area (Å²) in [5, 5.41) is 42.6. The van der Waals surface area contributed by atoms with Crippen LogP contribution >= 0.6 is 0 Å². The van der Waals surface area contributed by atoms with Crippen molar-refractivity contribution in [1.29, 1.82) is 0 Å². The van der Waals surface area contributed by atoms with Crippen LogP contribution in [-0.2, 0) is 14.3 Å². The second-order valence-electron chi connectivity index (χ2n) is 11.7. The highest BCUT2D eigenvalue weighted by molar-refractivity contribution is 6.32. The number of ketones is 2. The smallest absolute Gasteiger partial charge is 0.471 e. The van der Waals surface area contributed by atoms with E-state index in [1.807, 2.05) is 0 Å². The van der Waals surface area contributed by atoms with Crippen molar-refractivity contribution in [2.24, 2.45) is 0 Å². The third kappa shape index (κ3) is 6.25. The van der Waals surface area contributed by atoms with Crippen molar-refractivity contribution >= 4 is 34.2 Å². The minimum atomic E-state index is -5.11. The number of phenols is 1. The van der Waals surface area contributed by atoms with Gasteiger partial charge in [0.05, 0.1) is 28.7 Å². The van der Waals surface area contributed by atoms with E-state index in [9.17, 15) is 57.6 Å². The predicted molar refractivity (Wildman–Crippen MR) is 159 cm³/mol. The number of aliphatic carboxylic acids is 1. The molecule has 1 aromatic heterocycles. The standard InChI is InChI=1S/C32H31F3N2O11/c1-13-10-16-22(18(38)11-13)24-25(37(29(16)43)17(30(44)45)7-3-4-9-36-31(46)32(33,34)35)28(42)23-15(27(24)41)6-5-8-20(23)48-21-12-19(39)26(40)14(2)47-21/h5-6,8,10-11,14,17,19,21,26,38-40H,3-4,7,9,12H2,1-2H3,(H,36,46)(H,44,45)/t14-,17-,19+,21-,26-/m0/s1. The van der Waals surface area contributed by atoms with Crippen LogP contribution in [0, 0.1) is 6.92 Å². The number of rotatable bonds is 9. The summed E-state index contributed by atoms with van der Waals surface area (Å²) in [4.78, 5) is 66.4. The van der Waals surface area contributed by atoms with Gasteiger partial charge in [-0.3, -0.25) is 23.7 Å². The number of aliphatic hydroxyl groups is 2. The number of halogens is 3. The number of hydrogen-bond acceptors (Lipinski definition) is 10. The summed E-state index contributed by atoms with van der Waals surface area (Å²) in [6.45, 7) is 2.58. The molecular weight excluding hydrogens is 645 g/mol. The van der Waals surface area contributed by atoms with E-state index in [1.54, 1.807) is 12.2 Å².